The van der Waals surface area contributed by atoms with Crippen LogP contribution in [-0.4, -0.2) is 77.6 Å². The number of amides is 1. The van der Waals surface area contributed by atoms with Gasteiger partial charge in [-0.2, -0.15) is 9.97 Å². The van der Waals surface area contributed by atoms with Gasteiger partial charge in [-0.05, 0) is 93.4 Å². The summed E-state index contributed by atoms with van der Waals surface area (Å²) in [5.74, 6) is 0.512. The van der Waals surface area contributed by atoms with Crippen molar-refractivity contribution in [3.63, 3.8) is 0 Å². The minimum atomic E-state index is -0.856. The largest absolute Gasteiger partial charge is 0.461 e. The van der Waals surface area contributed by atoms with Crippen molar-refractivity contribution in [2.75, 3.05) is 44.2 Å². The Morgan fingerprint density at radius 2 is 2.05 bits per heavy atom. The molecule has 0 saturated carbocycles. The quantitative estimate of drug-likeness (QED) is 0.436. The number of anilines is 1. The Labute approximate surface area is 236 Å². The number of hydrogen-bond donors (Lipinski definition) is 1. The lowest BCUT2D eigenvalue weighted by Gasteiger charge is -2.34. The van der Waals surface area contributed by atoms with Crippen molar-refractivity contribution in [1.82, 2.24) is 20.2 Å². The summed E-state index contributed by atoms with van der Waals surface area (Å²) in [5.41, 5.74) is -0.677. The molecule has 3 aliphatic heterocycles. The molecule has 11 heteroatoms. The number of alkyl carbamates (subject to hydrolysis) is 1. The number of nitrogens with zero attached hydrogens (tertiary/aromatic N) is 4. The Hall–Kier alpha value is -2.27. The zero-order valence-electron chi connectivity index (χ0n) is 22.9. The molecule has 0 radical (unpaired) electrons. The van der Waals surface area contributed by atoms with Crippen LogP contribution in [0, 0.1) is 11.7 Å². The Morgan fingerprint density at radius 3 is 2.85 bits per heavy atom. The Bertz CT molecular complexity index is 1210. The molecule has 4 heterocycles. The summed E-state index contributed by atoms with van der Waals surface area (Å²) in [6.45, 7) is 9.12. The van der Waals surface area contributed by atoms with Crippen LogP contribution >= 0.6 is 15.9 Å². The van der Waals surface area contributed by atoms with Crippen molar-refractivity contribution in [3.05, 3.63) is 22.4 Å². The first kappa shape index (κ1) is 28.3. The van der Waals surface area contributed by atoms with E-state index in [0.717, 1.165) is 51.7 Å². The molecule has 0 spiro atoms. The van der Waals surface area contributed by atoms with Gasteiger partial charge in [0, 0.05) is 38.0 Å². The minimum Gasteiger partial charge on any atom is -0.461 e. The van der Waals surface area contributed by atoms with Crippen molar-refractivity contribution in [3.8, 4) is 6.01 Å². The monoisotopic (exact) mass is 609 g/mol. The molecule has 3 aliphatic rings. The normalized spacial score (nSPS) is 25.6. The highest BCUT2D eigenvalue weighted by Gasteiger charge is 2.49. The highest BCUT2D eigenvalue weighted by atomic mass is 79.9. The molecular weight excluding hydrogens is 572 g/mol. The van der Waals surface area contributed by atoms with E-state index in [9.17, 15) is 9.18 Å². The molecule has 3 fully saturated rings. The van der Waals surface area contributed by atoms with E-state index in [2.05, 4.69) is 36.0 Å². The van der Waals surface area contributed by atoms with Crippen LogP contribution in [-0.2, 0) is 4.74 Å². The molecule has 1 aromatic carbocycles. The van der Waals surface area contributed by atoms with Crippen molar-refractivity contribution in [2.24, 2.45) is 5.92 Å². The molecule has 2 aromatic rings. The van der Waals surface area contributed by atoms with Gasteiger partial charge in [-0.3, -0.25) is 4.90 Å². The fraction of sp³-hybridized carbons (Fsp3) is 0.679. The summed E-state index contributed by atoms with van der Waals surface area (Å²) < 4.78 is 41.3. The summed E-state index contributed by atoms with van der Waals surface area (Å²) in [6.07, 6.45) is 3.84. The number of benzene rings is 1. The molecule has 39 heavy (non-hydrogen) atoms. The predicted octanol–water partition coefficient (Wildman–Crippen LogP) is 5.62. The summed E-state index contributed by atoms with van der Waals surface area (Å²) in [4.78, 5) is 25.6. The van der Waals surface area contributed by atoms with Crippen LogP contribution in [0.3, 0.4) is 0 Å². The van der Waals surface area contributed by atoms with Crippen molar-refractivity contribution in [1.29, 1.82) is 0 Å². The van der Waals surface area contributed by atoms with Crippen molar-refractivity contribution < 1.29 is 23.0 Å². The predicted molar refractivity (Wildman–Crippen MR) is 150 cm³/mol. The lowest BCUT2D eigenvalue weighted by atomic mass is 9.94. The second-order valence-electron chi connectivity index (χ2n) is 12.1. The molecule has 1 aromatic heterocycles. The second kappa shape index (κ2) is 11.3. The number of halogens is 3. The maximum absolute atomic E-state index is 15.2. The summed E-state index contributed by atoms with van der Waals surface area (Å²) in [6, 6.07) is 3.62. The van der Waals surface area contributed by atoms with E-state index in [1.807, 2.05) is 26.8 Å². The third-order valence-electron chi connectivity index (χ3n) is 7.99. The van der Waals surface area contributed by atoms with Crippen LogP contribution in [0.5, 0.6) is 6.01 Å². The lowest BCUT2D eigenvalue weighted by Crippen LogP contribution is -2.43. The average molecular weight is 611 g/mol. The van der Waals surface area contributed by atoms with E-state index in [1.54, 1.807) is 6.07 Å². The molecule has 5 rings (SSSR count). The van der Waals surface area contributed by atoms with Crippen molar-refractivity contribution in [2.45, 2.75) is 76.6 Å². The number of rotatable bonds is 7. The van der Waals surface area contributed by atoms with Gasteiger partial charge >= 0.3 is 12.1 Å². The zero-order chi connectivity index (χ0) is 27.8. The van der Waals surface area contributed by atoms with Gasteiger partial charge in [0.25, 0.3) is 0 Å². The number of alkyl halides is 1. The average Bonchev–Trinajstić information content (AvgIpc) is 3.39. The van der Waals surface area contributed by atoms with E-state index in [-0.39, 0.29) is 23.7 Å². The number of aromatic nitrogens is 2. The van der Waals surface area contributed by atoms with E-state index in [0.29, 0.717) is 41.1 Å². The third kappa shape index (κ3) is 6.39. The number of carbonyl (C=O) groups is 1. The SMILES string of the molecule is CC(C)(C)OC(=O)NCCC1CCCN(c2nc(OC[C@@]34CCCN3C[C@H](F)C4)nc3c(F)c(Br)ccc23)C1. The number of fused-ring (bicyclic) bond motifs is 2. The molecule has 1 N–H and O–H groups in total. The van der Waals surface area contributed by atoms with Gasteiger partial charge in [0.15, 0.2) is 5.82 Å². The Kier molecular flexibility index (Phi) is 8.20. The van der Waals surface area contributed by atoms with E-state index in [4.69, 9.17) is 14.5 Å². The van der Waals surface area contributed by atoms with Crippen LogP contribution < -0.4 is 15.0 Å². The Balaban J connectivity index is 1.32. The molecule has 3 atom stereocenters. The zero-order valence-corrected chi connectivity index (χ0v) is 24.5. The van der Waals surface area contributed by atoms with Gasteiger partial charge in [0.2, 0.25) is 0 Å². The molecular formula is C28H38BrF2N5O3. The number of nitrogens with one attached hydrogen (secondary N) is 1. The van der Waals surface area contributed by atoms with Gasteiger partial charge in [-0.1, -0.05) is 0 Å². The van der Waals surface area contributed by atoms with Crippen molar-refractivity contribution >= 4 is 38.7 Å². The van der Waals surface area contributed by atoms with Crippen LogP contribution in [0.15, 0.2) is 16.6 Å². The smallest absolute Gasteiger partial charge is 0.407 e. The van der Waals surface area contributed by atoms with Gasteiger partial charge in [-0.25, -0.2) is 13.6 Å². The van der Waals surface area contributed by atoms with Crippen LogP contribution in [0.25, 0.3) is 10.9 Å². The summed E-state index contributed by atoms with van der Waals surface area (Å²) >= 11 is 3.28. The van der Waals surface area contributed by atoms with Gasteiger partial charge in [-0.15, -0.1) is 0 Å². The highest BCUT2D eigenvalue weighted by Crippen LogP contribution is 2.41. The fourth-order valence-corrected chi connectivity index (χ4v) is 6.56. The van der Waals surface area contributed by atoms with E-state index < -0.39 is 23.7 Å². The first-order valence-corrected chi connectivity index (χ1v) is 14.7. The first-order chi connectivity index (χ1) is 18.5. The summed E-state index contributed by atoms with van der Waals surface area (Å²) in [7, 11) is 0. The van der Waals surface area contributed by atoms with Crippen LogP contribution in [0.1, 0.15) is 59.3 Å². The lowest BCUT2D eigenvalue weighted by molar-refractivity contribution is 0.0524. The van der Waals surface area contributed by atoms with E-state index in [1.165, 1.54) is 0 Å². The summed E-state index contributed by atoms with van der Waals surface area (Å²) in [5, 5.41) is 3.47. The number of ether oxygens (including phenoxy) is 2. The highest BCUT2D eigenvalue weighted by molar-refractivity contribution is 9.10. The molecule has 1 amide bonds. The fourth-order valence-electron chi connectivity index (χ4n) is 6.24. The maximum atomic E-state index is 15.2. The number of piperidine rings is 1. The van der Waals surface area contributed by atoms with Crippen LogP contribution in [0.2, 0.25) is 0 Å². The third-order valence-corrected chi connectivity index (χ3v) is 8.60. The Morgan fingerprint density at radius 1 is 1.23 bits per heavy atom. The van der Waals surface area contributed by atoms with Gasteiger partial charge < -0.3 is 19.7 Å². The van der Waals surface area contributed by atoms with E-state index >= 15 is 4.39 Å². The molecule has 0 aliphatic carbocycles. The topological polar surface area (TPSA) is 79.8 Å². The van der Waals surface area contributed by atoms with Gasteiger partial charge in [0.05, 0.1) is 10.0 Å². The molecule has 3 saturated heterocycles. The standard InChI is InChI=1S/C28H38BrF2N5O3/c1-27(2,3)39-26(37)32-11-9-18-6-4-12-35(15-18)24-20-7-8-21(29)22(31)23(20)33-25(34-24)38-17-28-10-5-13-36(28)16-19(30)14-28/h7-8,18-19H,4-6,9-17H2,1-3H3,(H,32,37)/t18?,19-,28+/m1/s1. The minimum absolute atomic E-state index is 0.117. The first-order valence-electron chi connectivity index (χ1n) is 13.9. The second-order valence-corrected chi connectivity index (χ2v) is 13.0. The van der Waals surface area contributed by atoms with Crippen LogP contribution in [0.4, 0.5) is 19.4 Å². The number of carbonyl (C=O) groups excluding carboxylic acids is 1. The molecule has 8 nitrogen and oxygen atoms in total. The molecule has 1 unspecified atom stereocenters. The maximum Gasteiger partial charge on any atom is 0.407 e. The molecule has 0 bridgehead atoms. The molecule has 214 valence electrons. The number of hydrogen-bond acceptors (Lipinski definition) is 7. The van der Waals surface area contributed by atoms with Gasteiger partial charge in [0.1, 0.15) is 29.7 Å².